The van der Waals surface area contributed by atoms with Gasteiger partial charge in [-0.15, -0.1) is 24.0 Å². The highest BCUT2D eigenvalue weighted by molar-refractivity contribution is 14.0. The zero-order chi connectivity index (χ0) is 18.4. The van der Waals surface area contributed by atoms with Gasteiger partial charge in [-0.05, 0) is 49.8 Å². The third-order valence-corrected chi connectivity index (χ3v) is 5.53. The van der Waals surface area contributed by atoms with E-state index in [-0.39, 0.29) is 47.0 Å². The average molecular weight is 488 g/mol. The first kappa shape index (κ1) is 21.9. The Labute approximate surface area is 178 Å². The lowest BCUT2D eigenvalue weighted by Gasteiger charge is -2.24. The summed E-state index contributed by atoms with van der Waals surface area (Å²) in [6.45, 7) is 2.18. The predicted molar refractivity (Wildman–Crippen MR) is 117 cm³/mol. The quantitative estimate of drug-likeness (QED) is 0.228. The van der Waals surface area contributed by atoms with Gasteiger partial charge in [-0.3, -0.25) is 9.79 Å². The van der Waals surface area contributed by atoms with Crippen molar-refractivity contribution < 1.29 is 9.18 Å². The van der Waals surface area contributed by atoms with Crippen LogP contribution >= 0.6 is 24.0 Å². The molecule has 2 fully saturated rings. The van der Waals surface area contributed by atoms with Gasteiger partial charge in [-0.1, -0.05) is 18.6 Å². The maximum absolute atomic E-state index is 13.5. The number of carbonyl (C=O) groups excluding carboxylic acids is 1. The number of guanidine groups is 1. The summed E-state index contributed by atoms with van der Waals surface area (Å²) in [6, 6.07) is 6.89. The maximum atomic E-state index is 13.5. The van der Waals surface area contributed by atoms with Crippen molar-refractivity contribution in [3.05, 3.63) is 35.6 Å². The van der Waals surface area contributed by atoms with Crippen LogP contribution in [0.25, 0.3) is 0 Å². The summed E-state index contributed by atoms with van der Waals surface area (Å²) in [5.41, 5.74) is 1.08. The number of hydrogen-bond donors (Lipinski definition) is 3. The van der Waals surface area contributed by atoms with Crippen molar-refractivity contribution in [3.63, 3.8) is 0 Å². The molecular weight excluding hydrogens is 458 g/mol. The monoisotopic (exact) mass is 488 g/mol. The van der Waals surface area contributed by atoms with Gasteiger partial charge >= 0.3 is 0 Å². The van der Waals surface area contributed by atoms with Gasteiger partial charge in [-0.2, -0.15) is 0 Å². The molecule has 1 aromatic carbocycles. The molecule has 0 spiro atoms. The molecule has 27 heavy (non-hydrogen) atoms. The summed E-state index contributed by atoms with van der Waals surface area (Å²) in [5.74, 6) is 1.01. The van der Waals surface area contributed by atoms with Gasteiger partial charge in [0.1, 0.15) is 5.82 Å². The lowest BCUT2D eigenvalue weighted by molar-refractivity contribution is -0.127. The second-order valence-corrected chi connectivity index (χ2v) is 7.42. The van der Waals surface area contributed by atoms with Crippen LogP contribution in [0.5, 0.6) is 0 Å². The van der Waals surface area contributed by atoms with Gasteiger partial charge in [0.05, 0.1) is 0 Å². The number of amides is 1. The Kier molecular flexibility index (Phi) is 8.31. The summed E-state index contributed by atoms with van der Waals surface area (Å²) >= 11 is 0. The molecule has 1 amide bonds. The van der Waals surface area contributed by atoms with Crippen LogP contribution in [0.3, 0.4) is 0 Å². The predicted octanol–water partition coefficient (Wildman–Crippen LogP) is 2.95. The molecule has 2 aliphatic rings. The van der Waals surface area contributed by atoms with Crippen LogP contribution in [0.1, 0.15) is 44.1 Å². The second kappa shape index (κ2) is 10.2. The van der Waals surface area contributed by atoms with E-state index in [4.69, 9.17) is 0 Å². The van der Waals surface area contributed by atoms with Crippen molar-refractivity contribution in [2.24, 2.45) is 10.9 Å². The molecule has 0 atom stereocenters. The minimum atomic E-state index is -0.180. The van der Waals surface area contributed by atoms with E-state index < -0.39 is 0 Å². The Morgan fingerprint density at radius 3 is 2.56 bits per heavy atom. The zero-order valence-electron chi connectivity index (χ0n) is 15.9. The minimum absolute atomic E-state index is 0. The first-order valence-electron chi connectivity index (χ1n) is 9.61. The highest BCUT2D eigenvalue weighted by atomic mass is 127. The van der Waals surface area contributed by atoms with Crippen LogP contribution in [-0.4, -0.2) is 38.5 Å². The Bertz CT molecular complexity index is 659. The first-order valence-corrected chi connectivity index (χ1v) is 9.61. The summed E-state index contributed by atoms with van der Waals surface area (Å²) in [7, 11) is 1.75. The maximum Gasteiger partial charge on any atom is 0.223 e. The molecular formula is C20H30FIN4O. The largest absolute Gasteiger partial charge is 0.356 e. The van der Waals surface area contributed by atoms with Crippen LogP contribution in [-0.2, 0) is 10.2 Å². The number of halogens is 2. The molecule has 2 saturated carbocycles. The molecule has 150 valence electrons. The summed E-state index contributed by atoms with van der Waals surface area (Å²) in [4.78, 5) is 16.0. The van der Waals surface area contributed by atoms with Crippen molar-refractivity contribution >= 4 is 35.8 Å². The number of rotatable bonds is 8. The molecule has 3 rings (SSSR count). The zero-order valence-corrected chi connectivity index (χ0v) is 18.2. The standard InChI is InChI=1S/C20H29FN4O.HI/c1-22-19(24-12-4-11-23-18(26)15-5-2-6-15)25-14-20(9-10-20)16-7-3-8-17(21)13-16;/h3,7-8,13,15H,2,4-6,9-12,14H2,1H3,(H,23,26)(H2,22,24,25);1H. The van der Waals surface area contributed by atoms with Gasteiger partial charge in [0.25, 0.3) is 0 Å². The molecule has 7 heteroatoms. The molecule has 1 aromatic rings. The molecule has 0 aromatic heterocycles. The van der Waals surface area contributed by atoms with Crippen LogP contribution in [0, 0.1) is 11.7 Å². The fraction of sp³-hybridized carbons (Fsp3) is 0.600. The fourth-order valence-corrected chi connectivity index (χ4v) is 3.33. The number of aliphatic imine (C=N–C) groups is 1. The average Bonchev–Trinajstić information content (AvgIpc) is 3.37. The van der Waals surface area contributed by atoms with Crippen molar-refractivity contribution in [1.82, 2.24) is 16.0 Å². The Morgan fingerprint density at radius 1 is 1.22 bits per heavy atom. The first-order chi connectivity index (χ1) is 12.6. The van der Waals surface area contributed by atoms with Crippen LogP contribution in [0.4, 0.5) is 4.39 Å². The topological polar surface area (TPSA) is 65.5 Å². The third-order valence-electron chi connectivity index (χ3n) is 5.53. The molecule has 0 radical (unpaired) electrons. The van der Waals surface area contributed by atoms with E-state index >= 15 is 0 Å². The van der Waals surface area contributed by atoms with E-state index in [1.165, 1.54) is 12.5 Å². The Morgan fingerprint density at radius 2 is 1.96 bits per heavy atom. The number of nitrogens with one attached hydrogen (secondary N) is 3. The van der Waals surface area contributed by atoms with Crippen LogP contribution in [0.2, 0.25) is 0 Å². The lowest BCUT2D eigenvalue weighted by Crippen LogP contribution is -2.42. The smallest absolute Gasteiger partial charge is 0.223 e. The van der Waals surface area contributed by atoms with E-state index in [0.29, 0.717) is 6.54 Å². The molecule has 5 nitrogen and oxygen atoms in total. The van der Waals surface area contributed by atoms with Crippen molar-refractivity contribution in [2.75, 3.05) is 26.7 Å². The van der Waals surface area contributed by atoms with Crippen molar-refractivity contribution in [3.8, 4) is 0 Å². The molecule has 0 saturated heterocycles. The van der Waals surface area contributed by atoms with Gasteiger partial charge in [0.15, 0.2) is 5.96 Å². The number of carbonyl (C=O) groups is 1. The lowest BCUT2D eigenvalue weighted by atomic mass is 9.85. The third kappa shape index (κ3) is 6.05. The summed E-state index contributed by atoms with van der Waals surface area (Å²) < 4.78 is 13.5. The van der Waals surface area contributed by atoms with E-state index in [0.717, 1.165) is 56.7 Å². The Hall–Kier alpha value is -1.38. The van der Waals surface area contributed by atoms with Crippen LogP contribution in [0.15, 0.2) is 29.3 Å². The van der Waals surface area contributed by atoms with Crippen molar-refractivity contribution in [1.29, 1.82) is 0 Å². The molecule has 0 heterocycles. The van der Waals surface area contributed by atoms with E-state index in [9.17, 15) is 9.18 Å². The normalized spacial score (nSPS) is 18.1. The molecule has 0 unspecified atom stereocenters. The fourth-order valence-electron chi connectivity index (χ4n) is 3.33. The minimum Gasteiger partial charge on any atom is -0.356 e. The summed E-state index contributed by atoms with van der Waals surface area (Å²) in [5, 5.41) is 9.63. The molecule has 0 bridgehead atoms. The number of hydrogen-bond acceptors (Lipinski definition) is 2. The molecule has 0 aliphatic heterocycles. The van der Waals surface area contributed by atoms with E-state index in [1.807, 2.05) is 6.07 Å². The van der Waals surface area contributed by atoms with Gasteiger partial charge < -0.3 is 16.0 Å². The van der Waals surface area contributed by atoms with Gasteiger partial charge in [-0.25, -0.2) is 4.39 Å². The van der Waals surface area contributed by atoms with Gasteiger partial charge in [0.2, 0.25) is 5.91 Å². The second-order valence-electron chi connectivity index (χ2n) is 7.42. The number of benzene rings is 1. The Balaban J connectivity index is 0.00000261. The van der Waals surface area contributed by atoms with E-state index in [1.54, 1.807) is 19.2 Å². The SMILES string of the molecule is CN=C(NCCCNC(=O)C1CCC1)NCC1(c2cccc(F)c2)CC1.I. The van der Waals surface area contributed by atoms with Crippen molar-refractivity contribution in [2.45, 2.75) is 43.9 Å². The highest BCUT2D eigenvalue weighted by Crippen LogP contribution is 2.47. The van der Waals surface area contributed by atoms with Gasteiger partial charge in [0, 0.05) is 38.0 Å². The molecule has 3 N–H and O–H groups in total. The van der Waals surface area contributed by atoms with E-state index in [2.05, 4.69) is 20.9 Å². The van der Waals surface area contributed by atoms with Crippen LogP contribution < -0.4 is 16.0 Å². The highest BCUT2D eigenvalue weighted by Gasteiger charge is 2.44. The number of nitrogens with zero attached hydrogens (tertiary/aromatic N) is 1. The molecule has 2 aliphatic carbocycles. The summed E-state index contributed by atoms with van der Waals surface area (Å²) in [6.07, 6.45) is 6.23.